The fraction of sp³-hybridized carbons (Fsp3) is 0.125. The standard InChI is InChI=1S/C16H13ClN2O3S/c1-22-10-3-4-11(14(20)7-10)15(21)8-23-16-18-12-5-2-9(17)6-13(12)19-16/h2-7,20H,8H2,1H3,(H,18,19). The van der Waals surface area contributed by atoms with Gasteiger partial charge in [0.25, 0.3) is 0 Å². The molecule has 0 aliphatic heterocycles. The van der Waals surface area contributed by atoms with Crippen molar-refractivity contribution < 1.29 is 14.6 Å². The molecule has 0 amide bonds. The van der Waals surface area contributed by atoms with Crippen molar-refractivity contribution in [1.29, 1.82) is 0 Å². The third-order valence-corrected chi connectivity index (χ3v) is 4.38. The first-order valence-electron chi connectivity index (χ1n) is 6.75. The molecule has 0 unspecified atom stereocenters. The van der Waals surface area contributed by atoms with Crippen molar-refractivity contribution in [3.63, 3.8) is 0 Å². The molecule has 7 heteroatoms. The van der Waals surface area contributed by atoms with Crippen molar-refractivity contribution in [3.05, 3.63) is 47.0 Å². The van der Waals surface area contributed by atoms with E-state index in [0.717, 1.165) is 11.0 Å². The molecule has 3 rings (SSSR count). The number of hydrogen-bond acceptors (Lipinski definition) is 5. The van der Waals surface area contributed by atoms with Crippen molar-refractivity contribution in [3.8, 4) is 11.5 Å². The number of rotatable bonds is 5. The molecule has 0 fully saturated rings. The molecular weight excluding hydrogens is 336 g/mol. The largest absolute Gasteiger partial charge is 0.507 e. The van der Waals surface area contributed by atoms with Gasteiger partial charge in [0.1, 0.15) is 11.5 Å². The molecule has 1 aromatic heterocycles. The molecule has 118 valence electrons. The molecule has 1 heterocycles. The van der Waals surface area contributed by atoms with Crippen LogP contribution in [0.25, 0.3) is 11.0 Å². The SMILES string of the molecule is COc1ccc(C(=O)CSc2nc3ccc(Cl)cc3[nH]2)c(O)c1. The Hall–Kier alpha value is -2.18. The number of phenolic OH excluding ortho intramolecular Hbond substituents is 1. The molecule has 3 aromatic rings. The zero-order chi connectivity index (χ0) is 16.4. The number of aromatic amines is 1. The molecule has 0 atom stereocenters. The summed E-state index contributed by atoms with van der Waals surface area (Å²) in [6.07, 6.45) is 0. The lowest BCUT2D eigenvalue weighted by molar-refractivity contribution is 0.102. The highest BCUT2D eigenvalue weighted by atomic mass is 35.5. The number of halogens is 1. The van der Waals surface area contributed by atoms with Gasteiger partial charge in [0.15, 0.2) is 10.9 Å². The Morgan fingerprint density at radius 1 is 1.35 bits per heavy atom. The van der Waals surface area contributed by atoms with Crippen molar-refractivity contribution in [2.45, 2.75) is 5.16 Å². The summed E-state index contributed by atoms with van der Waals surface area (Å²) in [5, 5.41) is 11.1. The maximum Gasteiger partial charge on any atom is 0.176 e. The molecule has 5 nitrogen and oxygen atoms in total. The first kappa shape index (κ1) is 15.7. The smallest absolute Gasteiger partial charge is 0.176 e. The number of thioether (sulfide) groups is 1. The van der Waals surface area contributed by atoms with E-state index < -0.39 is 0 Å². The van der Waals surface area contributed by atoms with E-state index in [0.29, 0.717) is 15.9 Å². The van der Waals surface area contributed by atoms with E-state index in [-0.39, 0.29) is 22.8 Å². The molecule has 0 aliphatic rings. The van der Waals surface area contributed by atoms with Crippen molar-refractivity contribution in [1.82, 2.24) is 9.97 Å². The number of carbonyl (C=O) groups is 1. The molecular formula is C16H13ClN2O3S. The van der Waals surface area contributed by atoms with Crippen LogP contribution in [-0.4, -0.2) is 33.7 Å². The van der Waals surface area contributed by atoms with E-state index in [1.165, 1.54) is 24.9 Å². The van der Waals surface area contributed by atoms with Gasteiger partial charge in [-0.2, -0.15) is 0 Å². The zero-order valence-electron chi connectivity index (χ0n) is 12.2. The van der Waals surface area contributed by atoms with Gasteiger partial charge in [-0.1, -0.05) is 23.4 Å². The summed E-state index contributed by atoms with van der Waals surface area (Å²) in [6, 6.07) is 9.97. The maximum atomic E-state index is 12.2. The molecule has 0 spiro atoms. The number of H-pyrrole nitrogens is 1. The van der Waals surface area contributed by atoms with Gasteiger partial charge >= 0.3 is 0 Å². The second-order valence-electron chi connectivity index (χ2n) is 4.80. The monoisotopic (exact) mass is 348 g/mol. The summed E-state index contributed by atoms with van der Waals surface area (Å²) in [4.78, 5) is 19.7. The van der Waals surface area contributed by atoms with Crippen LogP contribution in [0.15, 0.2) is 41.6 Å². The number of nitrogens with zero attached hydrogens (tertiary/aromatic N) is 1. The third kappa shape index (κ3) is 3.43. The number of ketones is 1. The van der Waals surface area contributed by atoms with E-state index in [4.69, 9.17) is 16.3 Å². The number of aromatic nitrogens is 2. The number of aromatic hydroxyl groups is 1. The van der Waals surface area contributed by atoms with E-state index in [2.05, 4.69) is 9.97 Å². The first-order chi connectivity index (χ1) is 11.1. The Kier molecular flexibility index (Phi) is 4.45. The van der Waals surface area contributed by atoms with Gasteiger partial charge in [-0.05, 0) is 30.3 Å². The van der Waals surface area contributed by atoms with Crippen molar-refractivity contribution >= 4 is 40.2 Å². The third-order valence-electron chi connectivity index (χ3n) is 3.27. The second-order valence-corrected chi connectivity index (χ2v) is 6.20. The number of methoxy groups -OCH3 is 1. The summed E-state index contributed by atoms with van der Waals surface area (Å²) in [7, 11) is 1.50. The minimum Gasteiger partial charge on any atom is -0.507 e. The lowest BCUT2D eigenvalue weighted by atomic mass is 10.1. The Bertz CT molecular complexity index is 879. The van der Waals surface area contributed by atoms with Gasteiger partial charge in [-0.25, -0.2) is 4.98 Å². The number of phenols is 1. The van der Waals surface area contributed by atoms with E-state index in [1.807, 2.05) is 6.07 Å². The molecule has 0 radical (unpaired) electrons. The summed E-state index contributed by atoms with van der Waals surface area (Å²) < 4.78 is 5.00. The lowest BCUT2D eigenvalue weighted by Gasteiger charge is -2.05. The van der Waals surface area contributed by atoms with Gasteiger partial charge in [0, 0.05) is 11.1 Å². The van der Waals surface area contributed by atoms with Crippen LogP contribution in [0.5, 0.6) is 11.5 Å². The van der Waals surface area contributed by atoms with Crippen LogP contribution < -0.4 is 4.74 Å². The highest BCUT2D eigenvalue weighted by Crippen LogP contribution is 2.27. The fourth-order valence-corrected chi connectivity index (χ4v) is 3.05. The Balaban J connectivity index is 1.72. The van der Waals surface area contributed by atoms with Gasteiger partial charge in [-0.3, -0.25) is 4.79 Å². The Morgan fingerprint density at radius 2 is 2.17 bits per heavy atom. The van der Waals surface area contributed by atoms with Crippen LogP contribution in [-0.2, 0) is 0 Å². The first-order valence-corrected chi connectivity index (χ1v) is 8.11. The van der Waals surface area contributed by atoms with Gasteiger partial charge in [0.05, 0.1) is 29.5 Å². The minimum atomic E-state index is -0.186. The highest BCUT2D eigenvalue weighted by molar-refractivity contribution is 7.99. The quantitative estimate of drug-likeness (QED) is 0.540. The lowest BCUT2D eigenvalue weighted by Crippen LogP contribution is -2.03. The van der Waals surface area contributed by atoms with Gasteiger partial charge in [-0.15, -0.1) is 0 Å². The van der Waals surface area contributed by atoms with Crippen LogP contribution in [0.2, 0.25) is 5.02 Å². The van der Waals surface area contributed by atoms with Crippen molar-refractivity contribution in [2.24, 2.45) is 0 Å². The molecule has 23 heavy (non-hydrogen) atoms. The topological polar surface area (TPSA) is 75.2 Å². The number of benzene rings is 2. The molecule has 0 saturated heterocycles. The van der Waals surface area contributed by atoms with Gasteiger partial charge in [0.2, 0.25) is 0 Å². The average Bonchev–Trinajstić information content (AvgIpc) is 2.94. The number of fused-ring (bicyclic) bond motifs is 1. The number of hydrogen-bond donors (Lipinski definition) is 2. The Labute approximate surface area is 141 Å². The van der Waals surface area contributed by atoms with E-state index in [1.54, 1.807) is 24.3 Å². The highest BCUT2D eigenvalue weighted by Gasteiger charge is 2.14. The van der Waals surface area contributed by atoms with Crippen LogP contribution in [0.3, 0.4) is 0 Å². The molecule has 2 N–H and O–H groups in total. The molecule has 2 aromatic carbocycles. The molecule has 0 saturated carbocycles. The zero-order valence-corrected chi connectivity index (χ0v) is 13.7. The molecule has 0 aliphatic carbocycles. The Morgan fingerprint density at radius 3 is 2.91 bits per heavy atom. The predicted octanol–water partition coefficient (Wildman–Crippen LogP) is 3.91. The predicted molar refractivity (Wildman–Crippen MR) is 90.8 cm³/mol. The van der Waals surface area contributed by atoms with E-state index in [9.17, 15) is 9.90 Å². The normalized spacial score (nSPS) is 10.9. The van der Waals surface area contributed by atoms with Crippen LogP contribution in [0.1, 0.15) is 10.4 Å². The van der Waals surface area contributed by atoms with Crippen LogP contribution >= 0.6 is 23.4 Å². The summed E-state index contributed by atoms with van der Waals surface area (Å²) in [5.41, 5.74) is 1.87. The van der Waals surface area contributed by atoms with Gasteiger partial charge < -0.3 is 14.8 Å². The maximum absolute atomic E-state index is 12.2. The number of carbonyl (C=O) groups excluding carboxylic acids is 1. The number of imidazole rings is 1. The number of nitrogens with one attached hydrogen (secondary N) is 1. The average molecular weight is 349 g/mol. The van der Waals surface area contributed by atoms with E-state index >= 15 is 0 Å². The van der Waals surface area contributed by atoms with Crippen LogP contribution in [0, 0.1) is 0 Å². The fourth-order valence-electron chi connectivity index (χ4n) is 2.11. The van der Waals surface area contributed by atoms with Crippen molar-refractivity contribution in [2.75, 3.05) is 12.9 Å². The summed E-state index contributed by atoms with van der Waals surface area (Å²) in [6.45, 7) is 0. The summed E-state index contributed by atoms with van der Waals surface area (Å²) >= 11 is 7.20. The second kappa shape index (κ2) is 6.52. The summed E-state index contributed by atoms with van der Waals surface area (Å²) in [5.74, 6) is 0.383. The number of Topliss-reactive ketones (excluding diaryl/α,β-unsaturated/α-hetero) is 1. The number of ether oxygens (including phenoxy) is 1. The van der Waals surface area contributed by atoms with Crippen LogP contribution in [0.4, 0.5) is 0 Å². The minimum absolute atomic E-state index is 0.0914. The molecule has 0 bridgehead atoms.